The topological polar surface area (TPSA) is 120 Å². The van der Waals surface area contributed by atoms with Crippen molar-refractivity contribution in [3.8, 4) is 24.2 Å². The molecule has 38 heavy (non-hydrogen) atoms. The highest BCUT2D eigenvalue weighted by atomic mass is 16.5. The molecular weight excluding hydrogens is 482 g/mol. The standard InChI is InChI=1S/C29H29N5O4/c1-3-20-6-4-7-22(14-20)32-29-21(17-30)18-31-25-16-27(38-23-9-13-37-19-23)26(15-24(25)29)33-28(36)8-5-10-34(2)11-12-35/h1,4-8,14-16,18,23,35H,9-13,19H2,2H3,(H,31,32)(H,33,36)/t23-/m0/s1. The third-order valence-electron chi connectivity index (χ3n) is 6.00. The molecule has 0 bridgehead atoms. The van der Waals surface area contributed by atoms with Crippen LogP contribution in [0.4, 0.5) is 17.1 Å². The van der Waals surface area contributed by atoms with Gasteiger partial charge in [-0.05, 0) is 31.3 Å². The highest BCUT2D eigenvalue weighted by Crippen LogP contribution is 2.37. The van der Waals surface area contributed by atoms with Crippen LogP contribution in [0.2, 0.25) is 0 Å². The number of nitrogens with zero attached hydrogens (tertiary/aromatic N) is 3. The maximum Gasteiger partial charge on any atom is 0.248 e. The Bertz CT molecular complexity index is 1420. The van der Waals surface area contributed by atoms with Crippen LogP contribution in [0.5, 0.6) is 5.75 Å². The molecular formula is C29H29N5O4. The van der Waals surface area contributed by atoms with Gasteiger partial charge in [-0.15, -0.1) is 6.42 Å². The first kappa shape index (κ1) is 26.6. The van der Waals surface area contributed by atoms with E-state index in [0.717, 1.165) is 6.42 Å². The molecule has 1 aliphatic rings. The number of pyridine rings is 1. The average Bonchev–Trinajstić information content (AvgIpc) is 3.43. The average molecular weight is 512 g/mol. The summed E-state index contributed by atoms with van der Waals surface area (Å²) in [6.45, 7) is 2.13. The van der Waals surface area contributed by atoms with Crippen molar-refractivity contribution >= 4 is 33.9 Å². The highest BCUT2D eigenvalue weighted by molar-refractivity contribution is 6.04. The number of hydrogen-bond acceptors (Lipinski definition) is 8. The first-order chi connectivity index (χ1) is 18.5. The van der Waals surface area contributed by atoms with E-state index in [1.807, 2.05) is 36.2 Å². The number of amides is 1. The van der Waals surface area contributed by atoms with Crippen LogP contribution in [0.3, 0.4) is 0 Å². The number of aromatic nitrogens is 1. The van der Waals surface area contributed by atoms with Crippen molar-refractivity contribution in [3.05, 3.63) is 65.9 Å². The second-order valence-corrected chi connectivity index (χ2v) is 8.86. The molecule has 1 saturated heterocycles. The van der Waals surface area contributed by atoms with Gasteiger partial charge in [-0.3, -0.25) is 9.78 Å². The predicted molar refractivity (Wildman–Crippen MR) is 146 cm³/mol. The third-order valence-corrected chi connectivity index (χ3v) is 6.00. The van der Waals surface area contributed by atoms with Gasteiger partial charge in [0.1, 0.15) is 17.9 Å². The number of carbonyl (C=O) groups excluding carboxylic acids is 1. The monoisotopic (exact) mass is 511 g/mol. The summed E-state index contributed by atoms with van der Waals surface area (Å²) in [6.07, 6.45) is 10.8. The molecule has 0 radical (unpaired) electrons. The minimum absolute atomic E-state index is 0.0430. The van der Waals surface area contributed by atoms with Crippen LogP contribution < -0.4 is 15.4 Å². The molecule has 9 nitrogen and oxygen atoms in total. The van der Waals surface area contributed by atoms with Crippen LogP contribution in [0.1, 0.15) is 17.5 Å². The van der Waals surface area contributed by atoms with E-state index in [1.165, 1.54) is 12.3 Å². The number of ether oxygens (including phenoxy) is 2. The largest absolute Gasteiger partial charge is 0.486 e. The van der Waals surface area contributed by atoms with E-state index in [0.29, 0.717) is 71.1 Å². The Kier molecular flexibility index (Phi) is 8.91. The number of fused-ring (bicyclic) bond motifs is 1. The summed E-state index contributed by atoms with van der Waals surface area (Å²) < 4.78 is 11.6. The number of rotatable bonds is 10. The van der Waals surface area contributed by atoms with E-state index in [4.69, 9.17) is 21.0 Å². The van der Waals surface area contributed by atoms with Crippen molar-refractivity contribution in [2.75, 3.05) is 50.6 Å². The van der Waals surface area contributed by atoms with Crippen molar-refractivity contribution in [2.24, 2.45) is 0 Å². The Balaban J connectivity index is 1.71. The van der Waals surface area contributed by atoms with Crippen molar-refractivity contribution in [1.82, 2.24) is 9.88 Å². The summed E-state index contributed by atoms with van der Waals surface area (Å²) in [7, 11) is 1.85. The van der Waals surface area contributed by atoms with Gasteiger partial charge in [0.05, 0.1) is 42.3 Å². The Morgan fingerprint density at radius 1 is 1.39 bits per heavy atom. The first-order valence-corrected chi connectivity index (χ1v) is 12.2. The van der Waals surface area contributed by atoms with E-state index < -0.39 is 0 Å². The molecule has 2 aromatic carbocycles. The molecule has 1 fully saturated rings. The summed E-state index contributed by atoms with van der Waals surface area (Å²) in [5.41, 5.74) is 3.33. The quantitative estimate of drug-likeness (QED) is 0.280. The second kappa shape index (κ2) is 12.7. The Labute approximate surface area is 221 Å². The van der Waals surface area contributed by atoms with Crippen LogP contribution >= 0.6 is 0 Å². The predicted octanol–water partition coefficient (Wildman–Crippen LogP) is 3.42. The number of aliphatic hydroxyl groups is 1. The van der Waals surface area contributed by atoms with Crippen LogP contribution in [0.25, 0.3) is 10.9 Å². The number of aliphatic hydroxyl groups excluding tert-OH is 1. The van der Waals surface area contributed by atoms with Gasteiger partial charge in [-0.2, -0.15) is 5.26 Å². The number of nitriles is 1. The Morgan fingerprint density at radius 2 is 2.26 bits per heavy atom. The van der Waals surface area contributed by atoms with Gasteiger partial charge in [0.15, 0.2) is 0 Å². The third kappa shape index (κ3) is 6.67. The minimum Gasteiger partial charge on any atom is -0.486 e. The lowest BCUT2D eigenvalue weighted by atomic mass is 10.1. The summed E-state index contributed by atoms with van der Waals surface area (Å²) in [4.78, 5) is 19.2. The van der Waals surface area contributed by atoms with Crippen molar-refractivity contribution in [2.45, 2.75) is 12.5 Å². The molecule has 1 aliphatic heterocycles. The number of terminal acetylenes is 1. The van der Waals surface area contributed by atoms with Crippen LogP contribution in [-0.4, -0.2) is 67.0 Å². The fraction of sp³-hybridized carbons (Fsp3) is 0.276. The summed E-state index contributed by atoms with van der Waals surface area (Å²) in [6, 6.07) is 13.0. The lowest BCUT2D eigenvalue weighted by Crippen LogP contribution is -2.22. The molecule has 3 aromatic rings. The molecule has 9 heteroatoms. The van der Waals surface area contributed by atoms with Gasteiger partial charge < -0.3 is 30.1 Å². The van der Waals surface area contributed by atoms with Gasteiger partial charge in [0.25, 0.3) is 0 Å². The van der Waals surface area contributed by atoms with Gasteiger partial charge >= 0.3 is 0 Å². The van der Waals surface area contributed by atoms with Crippen molar-refractivity contribution in [3.63, 3.8) is 0 Å². The van der Waals surface area contributed by atoms with Crippen LogP contribution in [0, 0.1) is 23.7 Å². The number of hydrogen-bond donors (Lipinski definition) is 3. The molecule has 2 heterocycles. The highest BCUT2D eigenvalue weighted by Gasteiger charge is 2.21. The summed E-state index contributed by atoms with van der Waals surface area (Å²) >= 11 is 0. The van der Waals surface area contributed by atoms with Gasteiger partial charge in [-0.25, -0.2) is 0 Å². The molecule has 1 amide bonds. The number of carbonyl (C=O) groups is 1. The molecule has 0 aliphatic carbocycles. The van der Waals surface area contributed by atoms with Crippen LogP contribution in [-0.2, 0) is 9.53 Å². The zero-order chi connectivity index (χ0) is 26.9. The fourth-order valence-electron chi connectivity index (χ4n) is 4.03. The zero-order valence-electron chi connectivity index (χ0n) is 21.1. The van der Waals surface area contributed by atoms with E-state index in [9.17, 15) is 10.1 Å². The van der Waals surface area contributed by atoms with Gasteiger partial charge in [0, 0.05) is 54.5 Å². The summed E-state index contributed by atoms with van der Waals surface area (Å²) in [5.74, 6) is 2.73. The lowest BCUT2D eigenvalue weighted by molar-refractivity contribution is -0.111. The lowest BCUT2D eigenvalue weighted by Gasteiger charge is -2.18. The fourth-order valence-corrected chi connectivity index (χ4v) is 4.03. The summed E-state index contributed by atoms with van der Waals surface area (Å²) in [5, 5.41) is 25.7. The van der Waals surface area contributed by atoms with E-state index in [-0.39, 0.29) is 18.6 Å². The van der Waals surface area contributed by atoms with E-state index >= 15 is 0 Å². The molecule has 4 rings (SSSR count). The van der Waals surface area contributed by atoms with E-state index in [1.54, 1.807) is 18.2 Å². The zero-order valence-corrected chi connectivity index (χ0v) is 21.1. The number of likely N-dealkylation sites (N-methyl/N-ethyl adjacent to an activating group) is 1. The van der Waals surface area contributed by atoms with Gasteiger partial charge in [-0.1, -0.05) is 18.1 Å². The van der Waals surface area contributed by atoms with Crippen molar-refractivity contribution < 1.29 is 19.4 Å². The Morgan fingerprint density at radius 3 is 3.00 bits per heavy atom. The SMILES string of the molecule is C#Cc1cccc(Nc2c(C#N)cnc3cc(O[C@H]4CCOC4)c(NC(=O)C=CCN(C)CCO)cc23)c1. The first-order valence-electron chi connectivity index (χ1n) is 12.2. The smallest absolute Gasteiger partial charge is 0.248 e. The number of anilines is 3. The maximum atomic E-state index is 12.8. The molecule has 1 aromatic heterocycles. The number of nitrogens with one attached hydrogen (secondary N) is 2. The second-order valence-electron chi connectivity index (χ2n) is 8.86. The molecule has 194 valence electrons. The number of benzene rings is 2. The van der Waals surface area contributed by atoms with Gasteiger partial charge in [0.2, 0.25) is 5.91 Å². The Hall–Kier alpha value is -4.41. The molecule has 0 spiro atoms. The molecule has 3 N–H and O–H groups in total. The van der Waals surface area contributed by atoms with E-state index in [2.05, 4.69) is 27.6 Å². The van der Waals surface area contributed by atoms with Crippen molar-refractivity contribution in [1.29, 1.82) is 5.26 Å². The van der Waals surface area contributed by atoms with Crippen LogP contribution in [0.15, 0.2) is 54.7 Å². The normalized spacial score (nSPS) is 14.9. The molecule has 0 saturated carbocycles. The molecule has 1 atom stereocenters. The molecule has 0 unspecified atom stereocenters. The maximum absolute atomic E-state index is 12.8. The minimum atomic E-state index is -0.338.